The van der Waals surface area contributed by atoms with E-state index in [1.807, 2.05) is 31.3 Å². The number of pyridine rings is 1. The van der Waals surface area contributed by atoms with Gasteiger partial charge >= 0.3 is 5.97 Å². The first-order valence-corrected chi connectivity index (χ1v) is 12.7. The van der Waals surface area contributed by atoms with Crippen molar-refractivity contribution in [1.82, 2.24) is 9.88 Å². The number of carboxylic acids is 1. The molecule has 0 bridgehead atoms. The highest BCUT2D eigenvalue weighted by molar-refractivity contribution is 5.84. The second kappa shape index (κ2) is 11.9. The minimum Gasteiger partial charge on any atom is -0.497 e. The number of methoxy groups -OCH3 is 1. The quantitative estimate of drug-likeness (QED) is 0.372. The van der Waals surface area contributed by atoms with E-state index in [0.29, 0.717) is 44.6 Å². The van der Waals surface area contributed by atoms with Gasteiger partial charge in [0.15, 0.2) is 0 Å². The van der Waals surface area contributed by atoms with E-state index in [-0.39, 0.29) is 11.8 Å². The fraction of sp³-hybridized carbons (Fsp3) is 0.400. The molecule has 5 nitrogen and oxygen atoms in total. The average Bonchev–Trinajstić information content (AvgIpc) is 2.87. The zero-order valence-corrected chi connectivity index (χ0v) is 21.6. The number of fused-ring (bicyclic) bond motifs is 1. The molecule has 1 saturated heterocycles. The Morgan fingerprint density at radius 1 is 1.16 bits per heavy atom. The third kappa shape index (κ3) is 6.46. The van der Waals surface area contributed by atoms with Gasteiger partial charge in [0.05, 0.1) is 31.2 Å². The van der Waals surface area contributed by atoms with E-state index in [4.69, 9.17) is 4.74 Å². The molecular weight excluding hydrogens is 493 g/mol. The van der Waals surface area contributed by atoms with Crippen molar-refractivity contribution in [3.63, 3.8) is 0 Å². The zero-order chi connectivity index (χ0) is 27.3. The Kier molecular flexibility index (Phi) is 8.58. The number of hydrogen-bond donors (Lipinski definition) is 1. The monoisotopic (exact) mass is 524 g/mol. The summed E-state index contributed by atoms with van der Waals surface area (Å²) in [6.07, 6.45) is 5.80. The maximum atomic E-state index is 13.8. The average molecular weight is 525 g/mol. The van der Waals surface area contributed by atoms with E-state index in [1.54, 1.807) is 7.11 Å². The van der Waals surface area contributed by atoms with Crippen molar-refractivity contribution in [2.45, 2.75) is 45.4 Å². The summed E-state index contributed by atoms with van der Waals surface area (Å²) in [5.74, 6) is 2.18. The largest absolute Gasteiger partial charge is 0.497 e. The standard InChI is InChI=1S/C30H31F3N2O3/c1-20-19-34-28-8-7-22(38-2)17-25(28)23(20)5-3-9-30(18-29(36)37)10-13-35(14-11-30)12-4-6-24-26(32)15-21(31)16-27(24)33/h7-8,15-17,19H,3,5,9-14,18H2,1-2H3,(H,36,37). The van der Waals surface area contributed by atoms with Crippen LogP contribution in [-0.4, -0.2) is 47.7 Å². The minimum atomic E-state index is -1.02. The van der Waals surface area contributed by atoms with Crippen molar-refractivity contribution in [2.75, 3.05) is 26.7 Å². The Hall–Kier alpha value is -3.57. The van der Waals surface area contributed by atoms with Gasteiger partial charge in [-0.3, -0.25) is 14.7 Å². The van der Waals surface area contributed by atoms with Gasteiger partial charge in [-0.15, -0.1) is 0 Å². The summed E-state index contributed by atoms with van der Waals surface area (Å²) >= 11 is 0. The lowest BCUT2D eigenvalue weighted by Gasteiger charge is -2.41. The smallest absolute Gasteiger partial charge is 0.303 e. The van der Waals surface area contributed by atoms with E-state index in [9.17, 15) is 23.1 Å². The number of piperidine rings is 1. The molecule has 2 aromatic carbocycles. The lowest BCUT2D eigenvalue weighted by molar-refractivity contribution is -0.140. The van der Waals surface area contributed by atoms with Crippen LogP contribution in [0.4, 0.5) is 13.2 Å². The Labute approximate surface area is 220 Å². The normalized spacial score (nSPS) is 15.2. The maximum absolute atomic E-state index is 13.8. The molecule has 4 rings (SSSR count). The molecule has 8 heteroatoms. The molecule has 200 valence electrons. The van der Waals surface area contributed by atoms with Crippen LogP contribution in [0.3, 0.4) is 0 Å². The number of hydrogen-bond acceptors (Lipinski definition) is 4. The number of carbonyl (C=O) groups is 1. The van der Waals surface area contributed by atoms with E-state index in [0.717, 1.165) is 41.5 Å². The molecule has 1 fully saturated rings. The molecule has 0 saturated carbocycles. The molecule has 38 heavy (non-hydrogen) atoms. The number of likely N-dealkylation sites (tertiary alicyclic amines) is 1. The summed E-state index contributed by atoms with van der Waals surface area (Å²) in [5, 5.41) is 10.7. The Bertz CT molecular complexity index is 1370. The van der Waals surface area contributed by atoms with Crippen molar-refractivity contribution in [2.24, 2.45) is 5.41 Å². The van der Waals surface area contributed by atoms with E-state index < -0.39 is 29.0 Å². The molecule has 0 amide bonds. The number of aromatic nitrogens is 1. The van der Waals surface area contributed by atoms with Gasteiger partial charge in [0.1, 0.15) is 23.2 Å². The van der Waals surface area contributed by atoms with Gasteiger partial charge in [0.25, 0.3) is 0 Å². The minimum absolute atomic E-state index is 0.0996. The summed E-state index contributed by atoms with van der Waals surface area (Å²) in [6.45, 7) is 3.62. The molecule has 1 N–H and O–H groups in total. The molecule has 2 heterocycles. The number of nitrogens with zero attached hydrogens (tertiary/aromatic N) is 2. The van der Waals surface area contributed by atoms with Crippen LogP contribution < -0.4 is 4.74 Å². The van der Waals surface area contributed by atoms with Crippen LogP contribution in [-0.2, 0) is 11.2 Å². The number of rotatable bonds is 8. The first-order valence-electron chi connectivity index (χ1n) is 12.7. The first kappa shape index (κ1) is 27.5. The summed E-state index contributed by atoms with van der Waals surface area (Å²) in [4.78, 5) is 18.3. The second-order valence-electron chi connectivity index (χ2n) is 10.0. The Morgan fingerprint density at radius 3 is 2.53 bits per heavy atom. The van der Waals surface area contributed by atoms with Gasteiger partial charge in [-0.2, -0.15) is 0 Å². The molecule has 0 atom stereocenters. The Balaban J connectivity index is 1.40. The fourth-order valence-electron chi connectivity index (χ4n) is 5.35. The highest BCUT2D eigenvalue weighted by atomic mass is 19.1. The summed E-state index contributed by atoms with van der Waals surface area (Å²) in [6, 6.07) is 7.06. The van der Waals surface area contributed by atoms with Crippen LogP contribution in [0.2, 0.25) is 0 Å². The Morgan fingerprint density at radius 2 is 1.87 bits per heavy atom. The number of halogens is 3. The van der Waals surface area contributed by atoms with Crippen molar-refractivity contribution in [3.8, 4) is 17.6 Å². The van der Waals surface area contributed by atoms with Gasteiger partial charge in [0, 0.05) is 23.7 Å². The third-order valence-electron chi connectivity index (χ3n) is 7.50. The summed E-state index contributed by atoms with van der Waals surface area (Å²) in [7, 11) is 1.64. The molecular formula is C30H31F3N2O3. The van der Waals surface area contributed by atoms with Gasteiger partial charge in [0.2, 0.25) is 0 Å². The van der Waals surface area contributed by atoms with Crippen LogP contribution in [0.15, 0.2) is 36.5 Å². The van der Waals surface area contributed by atoms with Crippen LogP contribution in [0, 0.1) is 41.6 Å². The van der Waals surface area contributed by atoms with Gasteiger partial charge < -0.3 is 9.84 Å². The zero-order valence-electron chi connectivity index (χ0n) is 21.6. The molecule has 1 aliphatic heterocycles. The number of ether oxygens (including phenoxy) is 1. The fourth-order valence-corrected chi connectivity index (χ4v) is 5.35. The maximum Gasteiger partial charge on any atom is 0.303 e. The summed E-state index contributed by atoms with van der Waals surface area (Å²) < 4.78 is 46.2. The highest BCUT2D eigenvalue weighted by Gasteiger charge is 2.36. The molecule has 3 aromatic rings. The molecule has 1 aromatic heterocycles. The van der Waals surface area contributed by atoms with Crippen molar-refractivity contribution < 1.29 is 27.8 Å². The predicted molar refractivity (Wildman–Crippen MR) is 140 cm³/mol. The van der Waals surface area contributed by atoms with E-state index in [2.05, 4.69) is 21.7 Å². The van der Waals surface area contributed by atoms with Crippen LogP contribution in [0.5, 0.6) is 5.75 Å². The van der Waals surface area contributed by atoms with Gasteiger partial charge in [-0.25, -0.2) is 13.2 Å². The molecule has 0 aliphatic carbocycles. The lowest BCUT2D eigenvalue weighted by Crippen LogP contribution is -2.41. The second-order valence-corrected chi connectivity index (χ2v) is 10.0. The van der Waals surface area contributed by atoms with Crippen molar-refractivity contribution >= 4 is 16.9 Å². The van der Waals surface area contributed by atoms with Gasteiger partial charge in [-0.05, 0) is 86.9 Å². The SMILES string of the molecule is COc1ccc2ncc(C)c(CCCC3(CC(=O)O)CCN(CC#Cc4c(F)cc(F)cc4F)CC3)c2c1. The van der Waals surface area contributed by atoms with Crippen molar-refractivity contribution in [1.29, 1.82) is 0 Å². The summed E-state index contributed by atoms with van der Waals surface area (Å²) in [5.41, 5.74) is 2.44. The molecule has 0 radical (unpaired) electrons. The molecule has 1 aliphatic rings. The van der Waals surface area contributed by atoms with Crippen LogP contribution in [0.25, 0.3) is 10.9 Å². The predicted octanol–water partition coefficient (Wildman–Crippen LogP) is 5.90. The van der Waals surface area contributed by atoms with Crippen molar-refractivity contribution in [3.05, 3.63) is 70.7 Å². The topological polar surface area (TPSA) is 62.7 Å². The number of carboxylic acid groups (broad SMARTS) is 1. The molecule has 0 spiro atoms. The van der Waals surface area contributed by atoms with Crippen LogP contribution in [0.1, 0.15) is 48.8 Å². The van der Waals surface area contributed by atoms with Crippen LogP contribution >= 0.6 is 0 Å². The van der Waals surface area contributed by atoms with E-state index >= 15 is 0 Å². The van der Waals surface area contributed by atoms with Gasteiger partial charge in [-0.1, -0.05) is 11.8 Å². The third-order valence-corrected chi connectivity index (χ3v) is 7.50. The first-order chi connectivity index (χ1) is 18.2. The van der Waals surface area contributed by atoms with E-state index in [1.165, 1.54) is 5.56 Å². The number of benzene rings is 2. The number of aliphatic carboxylic acids is 1. The number of aryl methyl sites for hydroxylation is 2. The lowest BCUT2D eigenvalue weighted by atomic mass is 9.72. The molecule has 0 unspecified atom stereocenters. The highest BCUT2D eigenvalue weighted by Crippen LogP contribution is 2.40.